The highest BCUT2D eigenvalue weighted by Crippen LogP contribution is 2.54. The van der Waals surface area contributed by atoms with E-state index >= 15 is 0 Å². The third-order valence-corrected chi connectivity index (χ3v) is 8.16. The fourth-order valence-electron chi connectivity index (χ4n) is 5.49. The van der Waals surface area contributed by atoms with Crippen molar-refractivity contribution in [1.29, 1.82) is 5.26 Å². The van der Waals surface area contributed by atoms with Crippen molar-refractivity contribution < 1.29 is 49.5 Å². The molecule has 2 heterocycles. The van der Waals surface area contributed by atoms with E-state index in [2.05, 4.69) is 4.98 Å². The number of aromatic nitrogens is 1. The predicted molar refractivity (Wildman–Crippen MR) is 131 cm³/mol. The van der Waals surface area contributed by atoms with Crippen LogP contribution in [0.5, 0.6) is 0 Å². The van der Waals surface area contributed by atoms with Crippen LogP contribution >= 0.6 is 0 Å². The molecule has 0 spiro atoms. The zero-order valence-electron chi connectivity index (χ0n) is 22.2. The Morgan fingerprint density at radius 3 is 2.26 bits per heavy atom. The smallest absolute Gasteiger partial charge is 0.439 e. The van der Waals surface area contributed by atoms with E-state index < -0.39 is 77.7 Å². The predicted octanol–water partition coefficient (Wildman–Crippen LogP) is 6.25. The number of hydrogen-bond acceptors (Lipinski definition) is 6. The number of carbonyl (C=O) groups is 2. The molecule has 3 aliphatic rings. The first-order chi connectivity index (χ1) is 19.7. The summed E-state index contributed by atoms with van der Waals surface area (Å²) in [5.41, 5.74) is -1.25. The number of alkyl halides is 7. The van der Waals surface area contributed by atoms with Gasteiger partial charge in [-0.05, 0) is 31.4 Å². The number of ether oxygens (including phenoxy) is 1. The summed E-state index contributed by atoms with van der Waals surface area (Å²) >= 11 is 0. The number of hydrogen-bond donors (Lipinski definition) is 0. The number of Topliss-reactive ketones (excluding diaryl/α,β-unsaturated/α-hetero) is 1. The number of rotatable bonds is 7. The second kappa shape index (κ2) is 10.7. The van der Waals surface area contributed by atoms with Crippen molar-refractivity contribution in [2.24, 2.45) is 11.3 Å². The van der Waals surface area contributed by atoms with Gasteiger partial charge in [-0.3, -0.25) is 9.59 Å². The number of morpholine rings is 1. The molecular weight excluding hydrogens is 575 g/mol. The molecule has 1 aromatic carbocycles. The van der Waals surface area contributed by atoms with Crippen molar-refractivity contribution in [3.05, 3.63) is 41.5 Å². The van der Waals surface area contributed by atoms with E-state index in [4.69, 9.17) is 9.15 Å². The number of carbonyl (C=O) groups excluding carboxylic acids is 2. The van der Waals surface area contributed by atoms with Crippen LogP contribution in [0.4, 0.5) is 30.7 Å². The van der Waals surface area contributed by atoms with Gasteiger partial charge in [0.2, 0.25) is 5.92 Å². The molecule has 0 N–H and O–H groups in total. The second-order valence-corrected chi connectivity index (χ2v) is 11.1. The Hall–Kier alpha value is -3.47. The summed E-state index contributed by atoms with van der Waals surface area (Å²) in [5, 5.41) is 9.39. The van der Waals surface area contributed by atoms with Gasteiger partial charge in [0.15, 0.2) is 0 Å². The lowest BCUT2D eigenvalue weighted by atomic mass is 9.71. The standard InChI is InChI=1S/C28H26F7N3O4/c29-26(30)6-5-18(19(13-26)20(39)14-25(15-36)7-8-25)22-21(37-24(42-22)27(31,32)28(33,34)35)16-1-3-17(4-2-16)23(40)38-9-11-41-12-10-38/h1-4,18-19H,5-14H2/t18-,19-/m1/s1. The number of benzene rings is 1. The summed E-state index contributed by atoms with van der Waals surface area (Å²) in [6, 6.07) is 7.26. The summed E-state index contributed by atoms with van der Waals surface area (Å²) in [6.45, 7) is 1.38. The van der Waals surface area contributed by atoms with Crippen LogP contribution in [-0.4, -0.2) is 60.0 Å². The van der Waals surface area contributed by atoms with Crippen LogP contribution in [-0.2, 0) is 15.5 Å². The number of nitrogens with zero attached hydrogens (tertiary/aromatic N) is 3. The first kappa shape index (κ1) is 30.0. The molecule has 0 unspecified atom stereocenters. The fraction of sp³-hybridized carbons (Fsp3) is 0.571. The lowest BCUT2D eigenvalue weighted by Crippen LogP contribution is -2.40. The van der Waals surface area contributed by atoms with Crippen LogP contribution in [0.15, 0.2) is 28.7 Å². The monoisotopic (exact) mass is 601 g/mol. The summed E-state index contributed by atoms with van der Waals surface area (Å²) in [4.78, 5) is 31.1. The summed E-state index contributed by atoms with van der Waals surface area (Å²) < 4.78 is 108. The first-order valence-corrected chi connectivity index (χ1v) is 13.4. The average Bonchev–Trinajstić information content (AvgIpc) is 3.58. The summed E-state index contributed by atoms with van der Waals surface area (Å²) in [6.07, 6.45) is -7.80. The minimum atomic E-state index is -6.07. The molecule has 1 amide bonds. The molecular formula is C28H26F7N3O4. The van der Waals surface area contributed by atoms with Gasteiger partial charge < -0.3 is 14.1 Å². The molecule has 14 heteroatoms. The zero-order valence-corrected chi connectivity index (χ0v) is 22.2. The van der Waals surface area contributed by atoms with E-state index in [0.717, 1.165) is 0 Å². The first-order valence-electron chi connectivity index (χ1n) is 13.4. The Labute approximate surface area is 235 Å². The Bertz CT molecular complexity index is 1390. The van der Waals surface area contributed by atoms with Gasteiger partial charge in [0.05, 0.1) is 24.7 Å². The minimum absolute atomic E-state index is 0.00396. The number of ketones is 1. The van der Waals surface area contributed by atoms with Crippen LogP contribution in [0.2, 0.25) is 0 Å². The van der Waals surface area contributed by atoms with E-state index in [9.17, 15) is 45.6 Å². The van der Waals surface area contributed by atoms with Crippen LogP contribution in [0.1, 0.15) is 66.5 Å². The molecule has 2 atom stereocenters. The van der Waals surface area contributed by atoms with Crippen LogP contribution in [0.25, 0.3) is 11.3 Å². The molecule has 0 radical (unpaired) electrons. The van der Waals surface area contributed by atoms with Gasteiger partial charge >= 0.3 is 12.1 Å². The highest BCUT2D eigenvalue weighted by Gasteiger charge is 2.63. The normalized spacial score (nSPS) is 23.7. The lowest BCUT2D eigenvalue weighted by Gasteiger charge is -2.34. The van der Waals surface area contributed by atoms with E-state index in [0.29, 0.717) is 39.1 Å². The fourth-order valence-corrected chi connectivity index (χ4v) is 5.49. The molecule has 7 nitrogen and oxygen atoms in total. The van der Waals surface area contributed by atoms with Gasteiger partial charge in [0.1, 0.15) is 17.2 Å². The van der Waals surface area contributed by atoms with E-state index in [1.807, 2.05) is 6.07 Å². The van der Waals surface area contributed by atoms with Crippen molar-refractivity contribution in [3.63, 3.8) is 0 Å². The molecule has 2 aliphatic carbocycles. The largest absolute Gasteiger partial charge is 0.463 e. The topological polar surface area (TPSA) is 96.4 Å². The maximum atomic E-state index is 14.5. The molecule has 1 saturated heterocycles. The Morgan fingerprint density at radius 2 is 1.69 bits per heavy atom. The van der Waals surface area contributed by atoms with Crippen LogP contribution < -0.4 is 0 Å². The molecule has 2 saturated carbocycles. The van der Waals surface area contributed by atoms with Crippen molar-refractivity contribution >= 4 is 11.7 Å². The number of halogens is 7. The SMILES string of the molecule is N#CC1(CC(=O)[C@@H]2CC(F)(F)CC[C@H]2c2oc(C(F)(F)C(F)(F)F)nc2-c2ccc(C(=O)N3CCOCC3)cc2)CC1. The van der Waals surface area contributed by atoms with Gasteiger partial charge in [-0.25, -0.2) is 13.8 Å². The average molecular weight is 602 g/mol. The maximum absolute atomic E-state index is 14.5. The zero-order chi connectivity index (χ0) is 30.5. The van der Waals surface area contributed by atoms with Crippen LogP contribution in [0.3, 0.4) is 0 Å². The third-order valence-electron chi connectivity index (χ3n) is 8.16. The van der Waals surface area contributed by atoms with Gasteiger partial charge in [-0.15, -0.1) is 0 Å². The van der Waals surface area contributed by atoms with Crippen molar-refractivity contribution in [3.8, 4) is 17.3 Å². The molecule has 0 bridgehead atoms. The summed E-state index contributed by atoms with van der Waals surface area (Å²) in [5.74, 6) is -15.2. The Kier molecular flexibility index (Phi) is 7.62. The van der Waals surface area contributed by atoms with Crippen molar-refractivity contribution in [1.82, 2.24) is 9.88 Å². The van der Waals surface area contributed by atoms with Crippen LogP contribution in [0, 0.1) is 22.7 Å². The van der Waals surface area contributed by atoms with Gasteiger partial charge in [0.25, 0.3) is 11.8 Å². The molecule has 2 aromatic rings. The van der Waals surface area contributed by atoms with Gasteiger partial charge in [0, 0.05) is 55.3 Å². The van der Waals surface area contributed by atoms with E-state index in [1.54, 1.807) is 0 Å². The molecule has 42 heavy (non-hydrogen) atoms. The molecule has 1 aliphatic heterocycles. The van der Waals surface area contributed by atoms with E-state index in [1.165, 1.54) is 29.2 Å². The Balaban J connectivity index is 1.54. The molecule has 226 valence electrons. The van der Waals surface area contributed by atoms with E-state index in [-0.39, 0.29) is 23.5 Å². The van der Waals surface area contributed by atoms with Crippen molar-refractivity contribution in [2.75, 3.05) is 26.3 Å². The quantitative estimate of drug-likeness (QED) is 0.348. The third kappa shape index (κ3) is 5.75. The number of amides is 1. The van der Waals surface area contributed by atoms with Gasteiger partial charge in [-0.2, -0.15) is 27.2 Å². The highest BCUT2D eigenvalue weighted by molar-refractivity contribution is 5.94. The Morgan fingerprint density at radius 1 is 1.05 bits per heavy atom. The minimum Gasteiger partial charge on any atom is -0.439 e. The molecule has 3 fully saturated rings. The summed E-state index contributed by atoms with van der Waals surface area (Å²) in [7, 11) is 0. The number of nitriles is 1. The molecule has 1 aromatic heterocycles. The highest BCUT2D eigenvalue weighted by atomic mass is 19.4. The second-order valence-electron chi connectivity index (χ2n) is 11.1. The lowest BCUT2D eigenvalue weighted by molar-refractivity contribution is -0.297. The van der Waals surface area contributed by atoms with Crippen molar-refractivity contribution in [2.45, 2.75) is 62.5 Å². The number of oxazole rings is 1. The molecule has 5 rings (SSSR count). The maximum Gasteiger partial charge on any atom is 0.463 e. The van der Waals surface area contributed by atoms with Gasteiger partial charge in [-0.1, -0.05) is 12.1 Å².